The first kappa shape index (κ1) is 11.4. The van der Waals surface area contributed by atoms with Crippen molar-refractivity contribution in [3.05, 3.63) is 0 Å². The summed E-state index contributed by atoms with van der Waals surface area (Å²) in [7, 11) is 0. The summed E-state index contributed by atoms with van der Waals surface area (Å²) in [6.07, 6.45) is 10.7. The molecule has 0 spiro atoms. The van der Waals surface area contributed by atoms with Crippen molar-refractivity contribution in [2.75, 3.05) is 6.54 Å². The van der Waals surface area contributed by atoms with E-state index in [1.165, 1.54) is 57.9 Å². The predicted molar refractivity (Wildman–Crippen MR) is 64.8 cm³/mol. The topological polar surface area (TPSA) is 38.0 Å². The molecule has 2 heteroatoms. The van der Waals surface area contributed by atoms with Crippen molar-refractivity contribution >= 4 is 0 Å². The molecule has 0 atom stereocenters. The van der Waals surface area contributed by atoms with Crippen molar-refractivity contribution in [3.63, 3.8) is 0 Å². The van der Waals surface area contributed by atoms with Crippen LogP contribution in [0.3, 0.4) is 0 Å². The second-order valence-electron chi connectivity index (χ2n) is 5.65. The number of nitrogens with one attached hydrogen (secondary N) is 1. The molecule has 0 aromatic carbocycles. The van der Waals surface area contributed by atoms with Crippen LogP contribution in [0.2, 0.25) is 0 Å². The van der Waals surface area contributed by atoms with E-state index in [0.29, 0.717) is 11.6 Å². The summed E-state index contributed by atoms with van der Waals surface area (Å²) in [6, 6.07) is 0.491. The molecule has 0 unspecified atom stereocenters. The Balaban J connectivity index is 1.69. The fraction of sp³-hybridized carbons (Fsp3) is 1.00. The molecule has 3 N–H and O–H groups in total. The molecule has 88 valence electrons. The van der Waals surface area contributed by atoms with Crippen LogP contribution in [-0.2, 0) is 0 Å². The van der Waals surface area contributed by atoms with Crippen LogP contribution in [0.1, 0.15) is 58.3 Å². The quantitative estimate of drug-likeness (QED) is 0.748. The van der Waals surface area contributed by atoms with Crippen molar-refractivity contribution in [3.8, 4) is 0 Å². The first-order chi connectivity index (χ1) is 7.24. The monoisotopic (exact) mass is 210 g/mol. The maximum atomic E-state index is 5.92. The van der Waals surface area contributed by atoms with Gasteiger partial charge < -0.3 is 11.1 Å². The van der Waals surface area contributed by atoms with E-state index >= 15 is 0 Å². The van der Waals surface area contributed by atoms with Gasteiger partial charge in [0.25, 0.3) is 0 Å². The Bertz CT molecular complexity index is 185. The van der Waals surface area contributed by atoms with Gasteiger partial charge in [0.2, 0.25) is 0 Å². The minimum absolute atomic E-state index is 0.491. The van der Waals surface area contributed by atoms with Crippen LogP contribution in [0.4, 0.5) is 0 Å². The molecule has 15 heavy (non-hydrogen) atoms. The smallest absolute Gasteiger partial charge is 0.0179 e. The maximum absolute atomic E-state index is 5.92. The average Bonchev–Trinajstić information content (AvgIpc) is 2.20. The van der Waals surface area contributed by atoms with Crippen LogP contribution in [0.5, 0.6) is 0 Å². The second kappa shape index (κ2) is 4.84. The number of hydrogen-bond donors (Lipinski definition) is 2. The lowest BCUT2D eigenvalue weighted by Crippen LogP contribution is -2.52. The van der Waals surface area contributed by atoms with E-state index in [4.69, 9.17) is 5.73 Å². The molecule has 2 nitrogen and oxygen atoms in total. The summed E-state index contributed by atoms with van der Waals surface area (Å²) in [6.45, 7) is 3.56. The van der Waals surface area contributed by atoms with E-state index in [1.807, 2.05) is 0 Å². The van der Waals surface area contributed by atoms with Gasteiger partial charge in [0, 0.05) is 11.6 Å². The normalized spacial score (nSPS) is 34.8. The van der Waals surface area contributed by atoms with Crippen LogP contribution in [0.25, 0.3) is 0 Å². The van der Waals surface area contributed by atoms with Crippen molar-refractivity contribution in [2.24, 2.45) is 11.7 Å². The Morgan fingerprint density at radius 2 is 1.87 bits per heavy atom. The molecule has 0 aromatic rings. The van der Waals surface area contributed by atoms with E-state index in [1.54, 1.807) is 0 Å². The fourth-order valence-corrected chi connectivity index (χ4v) is 3.01. The maximum Gasteiger partial charge on any atom is 0.0179 e. The van der Waals surface area contributed by atoms with Gasteiger partial charge >= 0.3 is 0 Å². The Morgan fingerprint density at radius 1 is 1.20 bits per heavy atom. The standard InChI is InChI=1S/C13H26N2/c1-2-13(8-3-9-13)15-10-11-4-6-12(14)7-5-11/h11-12,15H,2-10,14H2,1H3. The van der Waals surface area contributed by atoms with Gasteiger partial charge in [0.05, 0.1) is 0 Å². The molecule has 0 aromatic heterocycles. The van der Waals surface area contributed by atoms with E-state index in [-0.39, 0.29) is 0 Å². The van der Waals surface area contributed by atoms with Crippen molar-refractivity contribution < 1.29 is 0 Å². The summed E-state index contributed by atoms with van der Waals surface area (Å²) >= 11 is 0. The third kappa shape index (κ3) is 2.73. The highest BCUT2D eigenvalue weighted by Gasteiger charge is 2.35. The van der Waals surface area contributed by atoms with Crippen LogP contribution in [0.15, 0.2) is 0 Å². The zero-order valence-corrected chi connectivity index (χ0v) is 10.1. The Hall–Kier alpha value is -0.0800. The molecule has 2 saturated carbocycles. The average molecular weight is 210 g/mol. The third-order valence-electron chi connectivity index (χ3n) is 4.64. The zero-order valence-electron chi connectivity index (χ0n) is 10.1. The second-order valence-corrected chi connectivity index (χ2v) is 5.65. The van der Waals surface area contributed by atoms with Crippen molar-refractivity contribution in [1.29, 1.82) is 0 Å². The lowest BCUT2D eigenvalue weighted by Gasteiger charge is -2.43. The molecule has 0 amide bonds. The van der Waals surface area contributed by atoms with Crippen LogP contribution in [0, 0.1) is 5.92 Å². The molecule has 0 heterocycles. The first-order valence-corrected chi connectivity index (χ1v) is 6.75. The van der Waals surface area contributed by atoms with Gasteiger partial charge in [-0.1, -0.05) is 6.92 Å². The molecule has 0 aliphatic heterocycles. The molecule has 2 rings (SSSR count). The highest BCUT2D eigenvalue weighted by Crippen LogP contribution is 2.35. The van der Waals surface area contributed by atoms with Gasteiger partial charge in [-0.2, -0.15) is 0 Å². The molecule has 0 saturated heterocycles. The van der Waals surface area contributed by atoms with E-state index in [9.17, 15) is 0 Å². The van der Waals surface area contributed by atoms with Crippen LogP contribution >= 0.6 is 0 Å². The Kier molecular flexibility index (Phi) is 3.68. The summed E-state index contributed by atoms with van der Waals surface area (Å²) < 4.78 is 0. The van der Waals surface area contributed by atoms with Gasteiger partial charge in [0.1, 0.15) is 0 Å². The van der Waals surface area contributed by atoms with Crippen molar-refractivity contribution in [2.45, 2.75) is 69.9 Å². The number of hydrogen-bond acceptors (Lipinski definition) is 2. The molecular weight excluding hydrogens is 184 g/mol. The summed E-state index contributed by atoms with van der Waals surface area (Å²) in [4.78, 5) is 0. The molecule has 2 fully saturated rings. The summed E-state index contributed by atoms with van der Waals surface area (Å²) in [5, 5.41) is 3.83. The molecule has 0 radical (unpaired) electrons. The van der Waals surface area contributed by atoms with Crippen LogP contribution in [-0.4, -0.2) is 18.1 Å². The van der Waals surface area contributed by atoms with E-state index in [2.05, 4.69) is 12.2 Å². The highest BCUT2D eigenvalue weighted by molar-refractivity contribution is 4.95. The third-order valence-corrected chi connectivity index (χ3v) is 4.64. The summed E-state index contributed by atoms with van der Waals surface area (Å²) in [5.74, 6) is 0.897. The van der Waals surface area contributed by atoms with Gasteiger partial charge in [0.15, 0.2) is 0 Å². The predicted octanol–water partition coefficient (Wildman–Crippen LogP) is 2.43. The minimum atomic E-state index is 0.491. The van der Waals surface area contributed by atoms with Crippen LogP contribution < -0.4 is 11.1 Å². The zero-order chi connectivity index (χ0) is 10.7. The SMILES string of the molecule is CCC1(NCC2CCC(N)CC2)CCC1. The van der Waals surface area contributed by atoms with Gasteiger partial charge in [-0.15, -0.1) is 0 Å². The Labute approximate surface area is 94.0 Å². The number of rotatable bonds is 4. The van der Waals surface area contributed by atoms with E-state index < -0.39 is 0 Å². The minimum Gasteiger partial charge on any atom is -0.328 e. The number of nitrogens with two attached hydrogens (primary N) is 1. The van der Waals surface area contributed by atoms with Gasteiger partial charge in [-0.05, 0) is 63.8 Å². The first-order valence-electron chi connectivity index (χ1n) is 6.75. The Morgan fingerprint density at radius 3 is 2.33 bits per heavy atom. The highest BCUT2D eigenvalue weighted by atomic mass is 15.0. The van der Waals surface area contributed by atoms with Gasteiger partial charge in [-0.3, -0.25) is 0 Å². The lowest BCUT2D eigenvalue weighted by molar-refractivity contribution is 0.159. The molecule has 2 aliphatic rings. The van der Waals surface area contributed by atoms with Crippen molar-refractivity contribution in [1.82, 2.24) is 5.32 Å². The molecular formula is C13H26N2. The molecule has 2 aliphatic carbocycles. The van der Waals surface area contributed by atoms with Gasteiger partial charge in [-0.25, -0.2) is 0 Å². The molecule has 0 bridgehead atoms. The largest absolute Gasteiger partial charge is 0.328 e. The lowest BCUT2D eigenvalue weighted by atomic mass is 9.74. The van der Waals surface area contributed by atoms with E-state index in [0.717, 1.165) is 5.92 Å². The summed E-state index contributed by atoms with van der Waals surface area (Å²) in [5.41, 5.74) is 6.45. The fourth-order valence-electron chi connectivity index (χ4n) is 3.01.